The van der Waals surface area contributed by atoms with Gasteiger partial charge in [0.1, 0.15) is 5.75 Å². The van der Waals surface area contributed by atoms with Gasteiger partial charge in [-0.15, -0.1) is 11.3 Å². The minimum absolute atomic E-state index is 0.402. The second kappa shape index (κ2) is 4.93. The van der Waals surface area contributed by atoms with E-state index in [9.17, 15) is 0 Å². The molecule has 2 nitrogen and oxygen atoms in total. The van der Waals surface area contributed by atoms with Crippen LogP contribution in [0.25, 0.3) is 10.4 Å². The van der Waals surface area contributed by atoms with Crippen molar-refractivity contribution in [1.29, 1.82) is 0 Å². The molecule has 0 spiro atoms. The third kappa shape index (κ3) is 2.37. The summed E-state index contributed by atoms with van der Waals surface area (Å²) in [4.78, 5) is 1.15. The Labute approximate surface area is 124 Å². The Kier molecular flexibility index (Phi) is 3.27. The summed E-state index contributed by atoms with van der Waals surface area (Å²) in [6.45, 7) is 0. The minimum Gasteiger partial charge on any atom is -0.454 e. The Morgan fingerprint density at radius 3 is 2.53 bits per heavy atom. The minimum atomic E-state index is 0.402. The summed E-state index contributed by atoms with van der Waals surface area (Å²) >= 11 is 13.9. The highest BCUT2D eigenvalue weighted by Gasteiger charge is 2.15. The van der Waals surface area contributed by atoms with Gasteiger partial charge >= 0.3 is 0 Å². The average Bonchev–Trinajstić information content (AvgIpc) is 2.77. The van der Waals surface area contributed by atoms with Crippen LogP contribution < -0.4 is 10.5 Å². The lowest BCUT2D eigenvalue weighted by Gasteiger charge is -2.10. The molecule has 0 unspecified atom stereocenters. The molecule has 1 aliphatic heterocycles. The first-order valence-corrected chi connectivity index (χ1v) is 7.17. The lowest BCUT2D eigenvalue weighted by molar-refractivity contribution is 0.487. The van der Waals surface area contributed by atoms with Gasteiger partial charge in [-0.1, -0.05) is 29.3 Å². The molecule has 0 aromatic heterocycles. The van der Waals surface area contributed by atoms with Gasteiger partial charge < -0.3 is 10.5 Å². The van der Waals surface area contributed by atoms with Crippen molar-refractivity contribution in [3.63, 3.8) is 0 Å². The fourth-order valence-corrected chi connectivity index (χ4v) is 3.17. The number of halogens is 2. The molecule has 0 atom stereocenters. The predicted molar refractivity (Wildman–Crippen MR) is 81.9 cm³/mol. The van der Waals surface area contributed by atoms with E-state index in [2.05, 4.69) is 0 Å². The van der Waals surface area contributed by atoms with Crippen LogP contribution in [0, 0.1) is 0 Å². The number of anilines is 1. The monoisotopic (exact) mass is 309 g/mol. The topological polar surface area (TPSA) is 35.2 Å². The van der Waals surface area contributed by atoms with Gasteiger partial charge in [0.05, 0.1) is 10.0 Å². The molecule has 0 amide bonds. The molecule has 5 heteroatoms. The van der Waals surface area contributed by atoms with E-state index in [1.807, 2.05) is 29.6 Å². The van der Waals surface area contributed by atoms with Crippen molar-refractivity contribution in [2.24, 2.45) is 0 Å². The van der Waals surface area contributed by atoms with Gasteiger partial charge in [0.25, 0.3) is 0 Å². The normalized spacial score (nSPS) is 10.8. The molecule has 1 aromatic carbocycles. The molecule has 1 aromatic rings. The third-order valence-electron chi connectivity index (χ3n) is 2.69. The number of ether oxygens (including phenoxy) is 1. The van der Waals surface area contributed by atoms with E-state index in [0.717, 1.165) is 16.2 Å². The molecular weight excluding hydrogens is 301 g/mol. The molecule has 1 heterocycles. The predicted octanol–water partition coefficient (Wildman–Crippen LogP) is 5.53. The summed E-state index contributed by atoms with van der Waals surface area (Å²) < 4.78 is 5.84. The van der Waals surface area contributed by atoms with Crippen LogP contribution in [-0.4, -0.2) is 0 Å². The van der Waals surface area contributed by atoms with Gasteiger partial charge in [0, 0.05) is 16.1 Å². The van der Waals surface area contributed by atoms with E-state index < -0.39 is 0 Å². The highest BCUT2D eigenvalue weighted by atomic mass is 35.5. The van der Waals surface area contributed by atoms with Crippen LogP contribution >= 0.6 is 34.5 Å². The summed E-state index contributed by atoms with van der Waals surface area (Å²) in [6, 6.07) is 11.1. The molecule has 1 aliphatic carbocycles. The van der Waals surface area contributed by atoms with E-state index in [1.54, 1.807) is 23.5 Å². The van der Waals surface area contributed by atoms with E-state index >= 15 is 0 Å². The third-order valence-corrected chi connectivity index (χ3v) is 4.15. The first kappa shape index (κ1) is 12.6. The van der Waals surface area contributed by atoms with Crippen LogP contribution in [0.3, 0.4) is 0 Å². The first-order valence-electron chi connectivity index (χ1n) is 5.54. The summed E-state index contributed by atoms with van der Waals surface area (Å²) in [7, 11) is 0. The second-order valence-corrected chi connectivity index (χ2v) is 5.77. The molecule has 0 saturated carbocycles. The molecule has 2 aliphatic rings. The zero-order chi connectivity index (χ0) is 13.4. The van der Waals surface area contributed by atoms with Crippen molar-refractivity contribution in [3.8, 4) is 21.9 Å². The second-order valence-electron chi connectivity index (χ2n) is 4.00. The van der Waals surface area contributed by atoms with Gasteiger partial charge in [0.15, 0.2) is 5.75 Å². The number of nitrogens with two attached hydrogens (primary N) is 1. The van der Waals surface area contributed by atoms with Crippen molar-refractivity contribution >= 4 is 40.2 Å². The number of benzene rings is 1. The zero-order valence-electron chi connectivity index (χ0n) is 9.69. The van der Waals surface area contributed by atoms with Crippen molar-refractivity contribution in [3.05, 3.63) is 51.8 Å². The Balaban J connectivity index is 2.03. The SMILES string of the molecule is Nc1cc(Cl)c(Oc2ccc3scccc2-3)c(Cl)c1. The summed E-state index contributed by atoms with van der Waals surface area (Å²) in [6.07, 6.45) is 0. The Morgan fingerprint density at radius 1 is 1.05 bits per heavy atom. The van der Waals surface area contributed by atoms with Crippen molar-refractivity contribution in [2.75, 3.05) is 5.73 Å². The van der Waals surface area contributed by atoms with Gasteiger partial charge in [0.2, 0.25) is 0 Å². The summed E-state index contributed by atoms with van der Waals surface area (Å²) in [5.74, 6) is 1.17. The van der Waals surface area contributed by atoms with E-state index in [-0.39, 0.29) is 0 Å². The average molecular weight is 310 g/mol. The van der Waals surface area contributed by atoms with Crippen molar-refractivity contribution in [1.82, 2.24) is 0 Å². The Hall–Kier alpha value is -1.42. The van der Waals surface area contributed by atoms with Crippen LogP contribution in [0.1, 0.15) is 0 Å². The maximum Gasteiger partial charge on any atom is 0.164 e. The molecule has 2 N–H and O–H groups in total. The number of hydrogen-bond acceptors (Lipinski definition) is 3. The molecule has 96 valence electrons. The van der Waals surface area contributed by atoms with Gasteiger partial charge in [-0.3, -0.25) is 0 Å². The highest BCUT2D eigenvalue weighted by Crippen LogP contribution is 2.43. The van der Waals surface area contributed by atoms with Crippen LogP contribution in [0.4, 0.5) is 5.69 Å². The Bertz CT molecular complexity index is 687. The van der Waals surface area contributed by atoms with Gasteiger partial charge in [-0.05, 0) is 35.7 Å². The molecule has 0 bridgehead atoms. The Morgan fingerprint density at radius 2 is 1.79 bits per heavy atom. The van der Waals surface area contributed by atoms with Crippen LogP contribution in [0.15, 0.2) is 41.8 Å². The molecule has 0 fully saturated rings. The molecule has 0 radical (unpaired) electrons. The van der Waals surface area contributed by atoms with E-state index in [4.69, 9.17) is 33.7 Å². The van der Waals surface area contributed by atoms with Crippen LogP contribution in [-0.2, 0) is 0 Å². The number of nitrogen functional groups attached to an aromatic ring is 1. The lowest BCUT2D eigenvalue weighted by Crippen LogP contribution is -1.90. The van der Waals surface area contributed by atoms with E-state index in [1.165, 1.54) is 0 Å². The molecule has 19 heavy (non-hydrogen) atoms. The van der Waals surface area contributed by atoms with Crippen LogP contribution in [0.5, 0.6) is 11.5 Å². The van der Waals surface area contributed by atoms with E-state index in [0.29, 0.717) is 21.5 Å². The number of rotatable bonds is 2. The number of hydrogen-bond donors (Lipinski definition) is 1. The first-order chi connectivity index (χ1) is 9.15. The lowest BCUT2D eigenvalue weighted by atomic mass is 10.2. The maximum absolute atomic E-state index is 6.12. The summed E-state index contributed by atoms with van der Waals surface area (Å²) in [5.41, 5.74) is 7.22. The van der Waals surface area contributed by atoms with Gasteiger partial charge in [-0.25, -0.2) is 0 Å². The zero-order valence-corrected chi connectivity index (χ0v) is 12.0. The van der Waals surface area contributed by atoms with Crippen LogP contribution in [0.2, 0.25) is 10.0 Å². The standard InChI is InChI=1S/C14H9Cl2NOS/c15-10-6-8(17)7-11(16)14(10)18-12-3-4-13-9(12)2-1-5-19-13/h1-7H,17H2. The molecule has 3 rings (SSSR count). The smallest absolute Gasteiger partial charge is 0.164 e. The maximum atomic E-state index is 6.12. The molecule has 0 saturated heterocycles. The number of fused-ring (bicyclic) bond motifs is 1. The largest absolute Gasteiger partial charge is 0.454 e. The van der Waals surface area contributed by atoms with Crippen molar-refractivity contribution < 1.29 is 4.74 Å². The quantitative estimate of drug-likeness (QED) is 0.631. The van der Waals surface area contributed by atoms with Gasteiger partial charge in [-0.2, -0.15) is 0 Å². The molecular formula is C14H9Cl2NOS. The summed E-state index contributed by atoms with van der Waals surface area (Å²) in [5, 5.41) is 2.83. The fourth-order valence-electron chi connectivity index (χ4n) is 1.84. The van der Waals surface area contributed by atoms with Crippen molar-refractivity contribution in [2.45, 2.75) is 0 Å². The fraction of sp³-hybridized carbons (Fsp3) is 0. The highest BCUT2D eigenvalue weighted by molar-refractivity contribution is 7.13.